The van der Waals surface area contributed by atoms with Crippen molar-refractivity contribution >= 4 is 5.69 Å². The monoisotopic (exact) mass is 165 g/mol. The highest BCUT2D eigenvalue weighted by molar-refractivity contribution is 5.47. The first-order valence-electron chi connectivity index (χ1n) is 4.48. The largest absolute Gasteiger partial charge is 0.388 e. The van der Waals surface area contributed by atoms with Crippen LogP contribution in [0.15, 0.2) is 18.2 Å². The maximum atomic E-state index is 3.11. The van der Waals surface area contributed by atoms with E-state index in [1.807, 2.05) is 20.9 Å². The summed E-state index contributed by atoms with van der Waals surface area (Å²) in [4.78, 5) is 0. The van der Waals surface area contributed by atoms with Crippen LogP contribution in [0.1, 0.15) is 25.0 Å². The van der Waals surface area contributed by atoms with Crippen molar-refractivity contribution in [3.05, 3.63) is 29.3 Å². The topological polar surface area (TPSA) is 12.0 Å². The molecule has 0 amide bonds. The normalized spacial score (nSPS) is 8.42. The van der Waals surface area contributed by atoms with Gasteiger partial charge in [0.1, 0.15) is 0 Å². The average molecular weight is 165 g/mol. The molecule has 1 rings (SSSR count). The van der Waals surface area contributed by atoms with Gasteiger partial charge in [0.2, 0.25) is 0 Å². The summed E-state index contributed by atoms with van der Waals surface area (Å²) in [5.74, 6) is 0. The summed E-state index contributed by atoms with van der Waals surface area (Å²) < 4.78 is 0. The highest BCUT2D eigenvalue weighted by atomic mass is 14.8. The summed E-state index contributed by atoms with van der Waals surface area (Å²) in [6.07, 6.45) is 0. The average Bonchev–Trinajstić information content (AvgIpc) is 2.06. The van der Waals surface area contributed by atoms with Gasteiger partial charge < -0.3 is 5.32 Å². The van der Waals surface area contributed by atoms with E-state index in [2.05, 4.69) is 37.4 Å². The van der Waals surface area contributed by atoms with Gasteiger partial charge in [-0.2, -0.15) is 0 Å². The number of hydrogen-bond donors (Lipinski definition) is 1. The Morgan fingerprint density at radius 3 is 1.67 bits per heavy atom. The Kier molecular flexibility index (Phi) is 5.18. The fraction of sp³-hybridized carbons (Fsp3) is 0.455. The first-order valence-corrected chi connectivity index (χ1v) is 4.48. The Bertz CT molecular complexity index is 208. The molecule has 0 aliphatic carbocycles. The third-order valence-electron chi connectivity index (χ3n) is 1.51. The van der Waals surface area contributed by atoms with E-state index < -0.39 is 0 Å². The molecule has 68 valence electrons. The molecule has 12 heavy (non-hydrogen) atoms. The molecule has 0 aromatic heterocycles. The van der Waals surface area contributed by atoms with E-state index in [1.54, 1.807) is 0 Å². The van der Waals surface area contributed by atoms with E-state index in [1.165, 1.54) is 16.8 Å². The predicted molar refractivity (Wildman–Crippen MR) is 56.8 cm³/mol. The molecule has 0 fully saturated rings. The maximum Gasteiger partial charge on any atom is 0.0342 e. The fourth-order valence-electron chi connectivity index (χ4n) is 1.12. The molecule has 0 bridgehead atoms. The Morgan fingerprint density at radius 2 is 1.33 bits per heavy atom. The molecular formula is C11H19N. The SMILES string of the molecule is CC.CNc1cc(C)cc(C)c1. The molecule has 1 aromatic rings. The van der Waals surface area contributed by atoms with E-state index in [-0.39, 0.29) is 0 Å². The lowest BCUT2D eigenvalue weighted by Crippen LogP contribution is -1.88. The van der Waals surface area contributed by atoms with E-state index >= 15 is 0 Å². The summed E-state index contributed by atoms with van der Waals surface area (Å²) >= 11 is 0. The number of anilines is 1. The molecule has 0 aliphatic rings. The highest BCUT2D eigenvalue weighted by Gasteiger charge is 1.90. The summed E-state index contributed by atoms with van der Waals surface area (Å²) in [6, 6.07) is 6.43. The molecule has 0 heterocycles. The molecule has 1 aromatic carbocycles. The van der Waals surface area contributed by atoms with Crippen LogP contribution in [-0.4, -0.2) is 7.05 Å². The number of rotatable bonds is 1. The number of nitrogens with one attached hydrogen (secondary N) is 1. The van der Waals surface area contributed by atoms with Gasteiger partial charge in [0.15, 0.2) is 0 Å². The van der Waals surface area contributed by atoms with Crippen molar-refractivity contribution in [3.63, 3.8) is 0 Å². The lowest BCUT2D eigenvalue weighted by atomic mass is 10.1. The quantitative estimate of drug-likeness (QED) is 0.672. The minimum Gasteiger partial charge on any atom is -0.388 e. The van der Waals surface area contributed by atoms with Crippen LogP contribution < -0.4 is 5.32 Å². The molecule has 1 nitrogen and oxygen atoms in total. The van der Waals surface area contributed by atoms with Gasteiger partial charge >= 0.3 is 0 Å². The van der Waals surface area contributed by atoms with Crippen LogP contribution in [0.5, 0.6) is 0 Å². The van der Waals surface area contributed by atoms with Gasteiger partial charge in [-0.25, -0.2) is 0 Å². The van der Waals surface area contributed by atoms with E-state index in [0.29, 0.717) is 0 Å². The van der Waals surface area contributed by atoms with Crippen LogP contribution in [0.25, 0.3) is 0 Å². The minimum absolute atomic E-state index is 1.19. The lowest BCUT2D eigenvalue weighted by molar-refractivity contribution is 1.36. The Hall–Kier alpha value is -0.980. The van der Waals surface area contributed by atoms with Crippen LogP contribution in [0, 0.1) is 13.8 Å². The minimum atomic E-state index is 1.19. The molecule has 0 spiro atoms. The molecule has 1 heteroatoms. The first kappa shape index (κ1) is 11.0. The molecule has 0 atom stereocenters. The zero-order chi connectivity index (χ0) is 9.56. The molecule has 0 radical (unpaired) electrons. The third-order valence-corrected chi connectivity index (χ3v) is 1.51. The summed E-state index contributed by atoms with van der Waals surface area (Å²) in [5.41, 5.74) is 3.81. The zero-order valence-corrected chi connectivity index (χ0v) is 8.73. The second-order valence-corrected chi connectivity index (χ2v) is 2.63. The van der Waals surface area contributed by atoms with Crippen molar-refractivity contribution in [3.8, 4) is 0 Å². The zero-order valence-electron chi connectivity index (χ0n) is 8.73. The van der Waals surface area contributed by atoms with E-state index in [4.69, 9.17) is 0 Å². The molecule has 0 saturated carbocycles. The van der Waals surface area contributed by atoms with Gasteiger partial charge in [-0.3, -0.25) is 0 Å². The molecule has 0 saturated heterocycles. The van der Waals surface area contributed by atoms with Gasteiger partial charge in [-0.05, 0) is 37.1 Å². The van der Waals surface area contributed by atoms with Crippen molar-refractivity contribution in [2.24, 2.45) is 0 Å². The highest BCUT2D eigenvalue weighted by Crippen LogP contribution is 2.12. The van der Waals surface area contributed by atoms with Gasteiger partial charge in [0, 0.05) is 12.7 Å². The number of hydrogen-bond acceptors (Lipinski definition) is 1. The van der Waals surface area contributed by atoms with E-state index in [9.17, 15) is 0 Å². The van der Waals surface area contributed by atoms with E-state index in [0.717, 1.165) is 0 Å². The maximum absolute atomic E-state index is 3.11. The fourth-order valence-corrected chi connectivity index (χ4v) is 1.12. The predicted octanol–water partition coefficient (Wildman–Crippen LogP) is 3.37. The van der Waals surface area contributed by atoms with Gasteiger partial charge in [-0.1, -0.05) is 19.9 Å². The van der Waals surface area contributed by atoms with Crippen molar-refractivity contribution in [2.75, 3.05) is 12.4 Å². The summed E-state index contributed by atoms with van der Waals surface area (Å²) in [5, 5.41) is 3.11. The van der Waals surface area contributed by atoms with Crippen LogP contribution in [0.3, 0.4) is 0 Å². The Morgan fingerprint density at radius 1 is 0.917 bits per heavy atom. The van der Waals surface area contributed by atoms with Crippen LogP contribution >= 0.6 is 0 Å². The summed E-state index contributed by atoms with van der Waals surface area (Å²) in [7, 11) is 1.94. The molecule has 0 unspecified atom stereocenters. The molecule has 1 N–H and O–H groups in total. The Balaban J connectivity index is 0.000000561. The molecule has 0 aliphatic heterocycles. The number of aryl methyl sites for hydroxylation is 2. The van der Waals surface area contributed by atoms with Crippen molar-refractivity contribution in [2.45, 2.75) is 27.7 Å². The van der Waals surface area contributed by atoms with Crippen LogP contribution in [-0.2, 0) is 0 Å². The Labute approximate surface area is 75.8 Å². The van der Waals surface area contributed by atoms with Crippen LogP contribution in [0.2, 0.25) is 0 Å². The van der Waals surface area contributed by atoms with Crippen molar-refractivity contribution < 1.29 is 0 Å². The first-order chi connectivity index (χ1) is 5.72. The van der Waals surface area contributed by atoms with Gasteiger partial charge in [0.25, 0.3) is 0 Å². The second-order valence-electron chi connectivity index (χ2n) is 2.63. The van der Waals surface area contributed by atoms with Crippen molar-refractivity contribution in [1.82, 2.24) is 0 Å². The van der Waals surface area contributed by atoms with Crippen LogP contribution in [0.4, 0.5) is 5.69 Å². The smallest absolute Gasteiger partial charge is 0.0342 e. The second kappa shape index (κ2) is 5.64. The third kappa shape index (κ3) is 3.42. The summed E-state index contributed by atoms with van der Waals surface area (Å²) in [6.45, 7) is 8.21. The molecular weight excluding hydrogens is 146 g/mol. The standard InChI is InChI=1S/C9H13N.C2H6/c1-7-4-8(2)6-9(5-7)10-3;1-2/h4-6,10H,1-3H3;1-2H3. The van der Waals surface area contributed by atoms with Crippen molar-refractivity contribution in [1.29, 1.82) is 0 Å². The van der Waals surface area contributed by atoms with Gasteiger partial charge in [-0.15, -0.1) is 0 Å². The number of benzene rings is 1. The van der Waals surface area contributed by atoms with Gasteiger partial charge in [0.05, 0.1) is 0 Å². The lowest BCUT2D eigenvalue weighted by Gasteiger charge is -2.02.